The minimum Gasteiger partial charge on any atom is -0.345 e. The molecule has 0 aliphatic carbocycles. The molecule has 5 nitrogen and oxygen atoms in total. The summed E-state index contributed by atoms with van der Waals surface area (Å²) in [5.41, 5.74) is 0.613. The maximum Gasteiger partial charge on any atom is 0.432 e. The summed E-state index contributed by atoms with van der Waals surface area (Å²) >= 11 is 0.783. The number of carbonyl (C=O) groups excluding carboxylic acids is 1. The van der Waals surface area contributed by atoms with Gasteiger partial charge in [0.05, 0.1) is 12.1 Å². The predicted octanol–water partition coefficient (Wildman–Crippen LogP) is 4.23. The molecule has 4 rings (SSSR count). The highest BCUT2D eigenvalue weighted by Gasteiger charge is 2.35. The van der Waals surface area contributed by atoms with Crippen LogP contribution in [0.1, 0.15) is 21.6 Å². The fourth-order valence-electron chi connectivity index (χ4n) is 2.84. The van der Waals surface area contributed by atoms with Crippen LogP contribution in [-0.2, 0) is 12.7 Å². The Labute approximate surface area is 160 Å². The standard InChI is InChI=1S/C19H13F3N4OS/c20-19(21,22)15-11-28-18(26(15)10-12-5-2-1-3-6-12)25-17(27)14-9-24-16-13(14)7-4-8-23-16/h1-9,11H,10H2,(H,23,24)/b25-18-. The topological polar surface area (TPSA) is 63.0 Å². The lowest BCUT2D eigenvalue weighted by atomic mass is 10.2. The average molecular weight is 402 g/mol. The molecular formula is C19H13F3N4OS. The third-order valence-corrected chi connectivity index (χ3v) is 5.01. The zero-order valence-electron chi connectivity index (χ0n) is 14.3. The van der Waals surface area contributed by atoms with Gasteiger partial charge in [-0.3, -0.25) is 4.79 Å². The van der Waals surface area contributed by atoms with Gasteiger partial charge in [-0.2, -0.15) is 18.2 Å². The molecule has 142 valence electrons. The first-order valence-corrected chi connectivity index (χ1v) is 9.12. The number of H-pyrrole nitrogens is 1. The molecule has 9 heteroatoms. The predicted molar refractivity (Wildman–Crippen MR) is 98.8 cm³/mol. The second kappa shape index (κ2) is 7.08. The third-order valence-electron chi connectivity index (χ3n) is 4.15. The van der Waals surface area contributed by atoms with Crippen molar-refractivity contribution in [3.63, 3.8) is 0 Å². The van der Waals surface area contributed by atoms with Crippen molar-refractivity contribution in [1.82, 2.24) is 14.5 Å². The van der Waals surface area contributed by atoms with E-state index in [4.69, 9.17) is 0 Å². The van der Waals surface area contributed by atoms with Crippen molar-refractivity contribution < 1.29 is 18.0 Å². The molecule has 3 heterocycles. The number of benzene rings is 1. The second-order valence-corrected chi connectivity index (χ2v) is 6.83. The van der Waals surface area contributed by atoms with Crippen LogP contribution in [0.4, 0.5) is 13.2 Å². The highest BCUT2D eigenvalue weighted by molar-refractivity contribution is 7.07. The number of nitrogens with zero attached hydrogens (tertiary/aromatic N) is 3. The lowest BCUT2D eigenvalue weighted by Crippen LogP contribution is -2.24. The third kappa shape index (κ3) is 3.48. The molecule has 0 spiro atoms. The Hall–Kier alpha value is -3.20. The number of hydrogen-bond donors (Lipinski definition) is 1. The van der Waals surface area contributed by atoms with Gasteiger partial charge in [0, 0.05) is 23.2 Å². The number of pyridine rings is 1. The Morgan fingerprint density at radius 3 is 2.71 bits per heavy atom. The largest absolute Gasteiger partial charge is 0.432 e. The molecular weight excluding hydrogens is 389 g/mol. The zero-order valence-corrected chi connectivity index (χ0v) is 15.1. The summed E-state index contributed by atoms with van der Waals surface area (Å²) in [6.07, 6.45) is -1.51. The van der Waals surface area contributed by atoms with Gasteiger partial charge in [-0.15, -0.1) is 11.3 Å². The monoisotopic (exact) mass is 402 g/mol. The first-order valence-electron chi connectivity index (χ1n) is 8.24. The number of alkyl halides is 3. The van der Waals surface area contributed by atoms with Gasteiger partial charge in [-0.25, -0.2) is 4.98 Å². The molecule has 1 aromatic carbocycles. The number of fused-ring (bicyclic) bond motifs is 1. The van der Waals surface area contributed by atoms with Crippen LogP contribution in [0.25, 0.3) is 11.0 Å². The molecule has 0 fully saturated rings. The minimum absolute atomic E-state index is 0.0144. The van der Waals surface area contributed by atoms with Crippen LogP contribution in [-0.4, -0.2) is 20.4 Å². The first-order chi connectivity index (χ1) is 13.4. The number of hydrogen-bond acceptors (Lipinski definition) is 3. The zero-order chi connectivity index (χ0) is 19.7. The Kier molecular flexibility index (Phi) is 4.60. The van der Waals surface area contributed by atoms with Crippen LogP contribution in [0.15, 0.2) is 65.2 Å². The van der Waals surface area contributed by atoms with Crippen LogP contribution >= 0.6 is 11.3 Å². The molecule has 3 aromatic heterocycles. The van der Waals surface area contributed by atoms with Crippen molar-refractivity contribution in [3.8, 4) is 0 Å². The summed E-state index contributed by atoms with van der Waals surface area (Å²) in [6, 6.07) is 12.1. The van der Waals surface area contributed by atoms with E-state index in [0.717, 1.165) is 21.3 Å². The summed E-state index contributed by atoms with van der Waals surface area (Å²) in [4.78, 5) is 23.6. The molecule has 0 aliphatic heterocycles. The van der Waals surface area contributed by atoms with Gasteiger partial charge in [-0.1, -0.05) is 30.3 Å². The molecule has 0 atom stereocenters. The van der Waals surface area contributed by atoms with E-state index in [2.05, 4.69) is 15.0 Å². The van der Waals surface area contributed by atoms with Crippen molar-refractivity contribution in [1.29, 1.82) is 0 Å². The van der Waals surface area contributed by atoms with E-state index in [1.807, 2.05) is 0 Å². The number of halogens is 3. The lowest BCUT2D eigenvalue weighted by molar-refractivity contribution is -0.143. The summed E-state index contributed by atoms with van der Waals surface area (Å²) in [5.74, 6) is -0.628. The maximum atomic E-state index is 13.4. The Morgan fingerprint density at radius 1 is 1.18 bits per heavy atom. The Bertz CT molecular complexity index is 1210. The summed E-state index contributed by atoms with van der Waals surface area (Å²) in [7, 11) is 0. The van der Waals surface area contributed by atoms with Crippen molar-refractivity contribution in [2.24, 2.45) is 4.99 Å². The number of rotatable bonds is 3. The number of amides is 1. The van der Waals surface area contributed by atoms with Crippen LogP contribution in [0, 0.1) is 0 Å². The molecule has 0 radical (unpaired) electrons. The molecule has 28 heavy (non-hydrogen) atoms. The number of aromatic nitrogens is 3. The van der Waals surface area contributed by atoms with Gasteiger partial charge in [0.25, 0.3) is 5.91 Å². The Balaban J connectivity index is 1.80. The summed E-state index contributed by atoms with van der Waals surface area (Å²) in [6.45, 7) is -0.0409. The fourth-order valence-corrected chi connectivity index (χ4v) is 3.75. The molecule has 1 N–H and O–H groups in total. The van der Waals surface area contributed by atoms with Gasteiger partial charge in [0.15, 0.2) is 4.80 Å². The highest BCUT2D eigenvalue weighted by Crippen LogP contribution is 2.30. The lowest BCUT2D eigenvalue weighted by Gasteiger charge is -2.11. The van der Waals surface area contributed by atoms with Gasteiger partial charge >= 0.3 is 6.18 Å². The average Bonchev–Trinajstić information content (AvgIpc) is 3.27. The summed E-state index contributed by atoms with van der Waals surface area (Å²) in [5, 5.41) is 1.55. The van der Waals surface area contributed by atoms with Crippen molar-refractivity contribution >= 4 is 28.3 Å². The SMILES string of the molecule is O=C(/N=c1\scc(C(F)(F)F)n1Cc1ccccc1)c1c[nH]c2ncccc12. The van der Waals surface area contributed by atoms with E-state index in [-0.39, 0.29) is 16.9 Å². The number of nitrogens with one attached hydrogen (secondary N) is 1. The van der Waals surface area contributed by atoms with E-state index in [1.54, 1.807) is 48.7 Å². The van der Waals surface area contributed by atoms with E-state index >= 15 is 0 Å². The van der Waals surface area contributed by atoms with Crippen molar-refractivity contribution in [3.05, 3.63) is 81.9 Å². The molecule has 0 aliphatic rings. The number of aromatic amines is 1. The van der Waals surface area contributed by atoms with Crippen LogP contribution in [0.2, 0.25) is 0 Å². The highest BCUT2D eigenvalue weighted by atomic mass is 32.1. The number of thiazole rings is 1. The summed E-state index contributed by atoms with van der Waals surface area (Å²) < 4.78 is 41.3. The minimum atomic E-state index is -4.55. The van der Waals surface area contributed by atoms with Crippen molar-refractivity contribution in [2.75, 3.05) is 0 Å². The van der Waals surface area contributed by atoms with Gasteiger partial charge in [0.2, 0.25) is 0 Å². The smallest absolute Gasteiger partial charge is 0.345 e. The Morgan fingerprint density at radius 2 is 1.96 bits per heavy atom. The molecule has 0 saturated heterocycles. The normalized spacial score (nSPS) is 12.6. The molecule has 4 aromatic rings. The van der Waals surface area contributed by atoms with Crippen LogP contribution < -0.4 is 4.80 Å². The van der Waals surface area contributed by atoms with Crippen molar-refractivity contribution in [2.45, 2.75) is 12.7 Å². The van der Waals surface area contributed by atoms with E-state index in [0.29, 0.717) is 16.6 Å². The van der Waals surface area contributed by atoms with Crippen LogP contribution in [0.3, 0.4) is 0 Å². The van der Waals surface area contributed by atoms with E-state index in [1.165, 1.54) is 6.20 Å². The van der Waals surface area contributed by atoms with Crippen LogP contribution in [0.5, 0.6) is 0 Å². The molecule has 0 unspecified atom stereocenters. The van der Waals surface area contributed by atoms with Gasteiger partial charge < -0.3 is 9.55 Å². The first kappa shape index (κ1) is 18.2. The number of carbonyl (C=O) groups is 1. The second-order valence-electron chi connectivity index (χ2n) is 5.99. The molecule has 0 saturated carbocycles. The van der Waals surface area contributed by atoms with E-state index in [9.17, 15) is 18.0 Å². The maximum absolute atomic E-state index is 13.4. The quantitative estimate of drug-likeness (QED) is 0.557. The van der Waals surface area contributed by atoms with E-state index < -0.39 is 17.8 Å². The molecule has 0 bridgehead atoms. The fraction of sp³-hybridized carbons (Fsp3) is 0.105. The van der Waals surface area contributed by atoms with Gasteiger partial charge in [0.1, 0.15) is 11.3 Å². The molecule has 1 amide bonds. The van der Waals surface area contributed by atoms with Gasteiger partial charge in [-0.05, 0) is 17.7 Å².